The van der Waals surface area contributed by atoms with Gasteiger partial charge in [-0.05, 0) is 63.3 Å². The van der Waals surface area contributed by atoms with Crippen molar-refractivity contribution in [1.82, 2.24) is 18.8 Å². The minimum Gasteiger partial charge on any atom is -0.462 e. The molecule has 1 aliphatic rings. The summed E-state index contributed by atoms with van der Waals surface area (Å²) in [5, 5.41) is 0. The van der Waals surface area contributed by atoms with Crippen molar-refractivity contribution in [2.75, 3.05) is 32.8 Å². The Balaban J connectivity index is 1.65. The van der Waals surface area contributed by atoms with E-state index in [4.69, 9.17) is 17.0 Å². The number of hydrogen-bond acceptors (Lipinski definition) is 7. The Kier molecular flexibility index (Phi) is 7.02. The summed E-state index contributed by atoms with van der Waals surface area (Å²) < 4.78 is 34.8. The van der Waals surface area contributed by atoms with Crippen molar-refractivity contribution in [2.24, 2.45) is 0 Å². The third-order valence-electron chi connectivity index (χ3n) is 5.02. The molecule has 0 N–H and O–H groups in total. The molecule has 0 aliphatic carbocycles. The van der Waals surface area contributed by atoms with Crippen LogP contribution in [0, 0.1) is 18.6 Å². The Bertz CT molecular complexity index is 1070. The van der Waals surface area contributed by atoms with Crippen LogP contribution in [0.2, 0.25) is 0 Å². The molecule has 8 nitrogen and oxygen atoms in total. The van der Waals surface area contributed by atoms with Crippen LogP contribution in [0.4, 0.5) is 0 Å². The van der Waals surface area contributed by atoms with Gasteiger partial charge in [0.2, 0.25) is 14.8 Å². The van der Waals surface area contributed by atoms with Crippen LogP contribution in [0.15, 0.2) is 35.2 Å². The molecule has 0 radical (unpaired) electrons. The van der Waals surface area contributed by atoms with E-state index in [9.17, 15) is 13.2 Å². The number of aryl methyl sites for hydroxylation is 2. The van der Waals surface area contributed by atoms with Gasteiger partial charge in [-0.25, -0.2) is 18.2 Å². The van der Waals surface area contributed by atoms with E-state index in [1.165, 1.54) is 28.6 Å². The second-order valence-corrected chi connectivity index (χ2v) is 9.46. The van der Waals surface area contributed by atoms with Gasteiger partial charge in [0.1, 0.15) is 0 Å². The van der Waals surface area contributed by atoms with Crippen molar-refractivity contribution in [3.63, 3.8) is 0 Å². The predicted molar refractivity (Wildman–Crippen MR) is 115 cm³/mol. The number of hydrogen-bond donors (Lipinski definition) is 0. The third-order valence-corrected chi connectivity index (χ3v) is 7.25. The van der Waals surface area contributed by atoms with E-state index < -0.39 is 16.0 Å². The van der Waals surface area contributed by atoms with E-state index in [1.54, 1.807) is 6.92 Å². The van der Waals surface area contributed by atoms with E-state index in [0.717, 1.165) is 11.4 Å². The molecule has 0 spiro atoms. The van der Waals surface area contributed by atoms with Gasteiger partial charge in [0.05, 0.1) is 23.7 Å². The van der Waals surface area contributed by atoms with Gasteiger partial charge in [-0.1, -0.05) is 0 Å². The van der Waals surface area contributed by atoms with E-state index in [2.05, 4.69) is 9.88 Å². The van der Waals surface area contributed by atoms with Crippen molar-refractivity contribution < 1.29 is 17.9 Å². The summed E-state index contributed by atoms with van der Waals surface area (Å²) in [5.74, 6) is -0.463. The summed E-state index contributed by atoms with van der Waals surface area (Å²) in [7, 11) is -3.62. The smallest absolute Gasteiger partial charge is 0.338 e. The minimum atomic E-state index is -3.62. The van der Waals surface area contributed by atoms with Crippen molar-refractivity contribution in [2.45, 2.75) is 32.3 Å². The maximum Gasteiger partial charge on any atom is 0.338 e. The number of piperazine rings is 1. The average Bonchev–Trinajstić information content (AvgIpc) is 2.71. The molecule has 0 amide bonds. The van der Waals surface area contributed by atoms with Crippen LogP contribution in [0.1, 0.15) is 28.7 Å². The molecule has 162 valence electrons. The normalized spacial score (nSPS) is 15.8. The van der Waals surface area contributed by atoms with Crippen molar-refractivity contribution in [3.8, 4) is 0 Å². The highest BCUT2D eigenvalue weighted by molar-refractivity contribution is 7.89. The van der Waals surface area contributed by atoms with E-state index in [1.807, 2.05) is 24.5 Å². The highest BCUT2D eigenvalue weighted by Crippen LogP contribution is 2.19. The number of carbonyl (C=O) groups is 1. The van der Waals surface area contributed by atoms with Crippen LogP contribution < -0.4 is 0 Å². The Morgan fingerprint density at radius 1 is 1.13 bits per heavy atom. The monoisotopic (exact) mass is 450 g/mol. The van der Waals surface area contributed by atoms with Gasteiger partial charge >= 0.3 is 5.97 Å². The lowest BCUT2D eigenvalue weighted by atomic mass is 10.2. The van der Waals surface area contributed by atoms with E-state index >= 15 is 0 Å². The van der Waals surface area contributed by atoms with Gasteiger partial charge in [0.25, 0.3) is 0 Å². The van der Waals surface area contributed by atoms with Gasteiger partial charge in [-0.2, -0.15) is 4.31 Å². The molecule has 0 bridgehead atoms. The first-order valence-corrected chi connectivity index (χ1v) is 11.6. The molecule has 30 heavy (non-hydrogen) atoms. The molecule has 0 saturated carbocycles. The fraction of sp³-hybridized carbons (Fsp3) is 0.450. The SMILES string of the molecule is CCOC(=O)c1ccc(S(=O)(=O)N2CCN(Cn3c(C)cc(C)nc3=S)CC2)cc1. The molecule has 10 heteroatoms. The summed E-state index contributed by atoms with van der Waals surface area (Å²) >= 11 is 5.37. The summed E-state index contributed by atoms with van der Waals surface area (Å²) in [4.78, 5) is 18.4. The molecule has 0 unspecified atom stereocenters. The number of aromatic nitrogens is 2. The largest absolute Gasteiger partial charge is 0.462 e. The second kappa shape index (κ2) is 9.34. The zero-order valence-electron chi connectivity index (χ0n) is 17.4. The van der Waals surface area contributed by atoms with Crippen LogP contribution in [-0.4, -0.2) is 65.9 Å². The third kappa shape index (κ3) is 4.94. The number of esters is 1. The standard InChI is InChI=1S/C20H26N4O4S2/c1-4-28-19(25)17-5-7-18(8-6-17)30(26,27)23-11-9-22(10-12-23)14-24-16(3)13-15(2)21-20(24)29/h5-8,13H,4,9-12,14H2,1-3H3. The highest BCUT2D eigenvalue weighted by Gasteiger charge is 2.28. The number of ether oxygens (including phenoxy) is 1. The zero-order chi connectivity index (χ0) is 21.9. The number of carbonyl (C=O) groups excluding carboxylic acids is 1. The molecule has 2 heterocycles. The lowest BCUT2D eigenvalue weighted by Gasteiger charge is -2.34. The Morgan fingerprint density at radius 3 is 2.33 bits per heavy atom. The fourth-order valence-electron chi connectivity index (χ4n) is 3.38. The van der Waals surface area contributed by atoms with Gasteiger partial charge in [-0.3, -0.25) is 4.90 Å². The highest BCUT2D eigenvalue weighted by atomic mass is 32.2. The topological polar surface area (TPSA) is 84.7 Å². The summed E-state index contributed by atoms with van der Waals surface area (Å²) in [6, 6.07) is 7.85. The summed E-state index contributed by atoms with van der Waals surface area (Å²) in [5.41, 5.74) is 2.25. The lowest BCUT2D eigenvalue weighted by Crippen LogP contribution is -2.49. The quantitative estimate of drug-likeness (QED) is 0.493. The first-order valence-electron chi connectivity index (χ1n) is 9.77. The average molecular weight is 451 g/mol. The first-order chi connectivity index (χ1) is 14.2. The Labute approximate surface area is 182 Å². The molecular weight excluding hydrogens is 424 g/mol. The lowest BCUT2D eigenvalue weighted by molar-refractivity contribution is 0.0526. The number of rotatable bonds is 6. The first kappa shape index (κ1) is 22.5. The van der Waals surface area contributed by atoms with Crippen LogP contribution in [-0.2, 0) is 21.4 Å². The number of sulfonamides is 1. The molecule has 1 fully saturated rings. The number of benzene rings is 1. The van der Waals surface area contributed by atoms with Gasteiger partial charge in [0.15, 0.2) is 0 Å². The fourth-order valence-corrected chi connectivity index (χ4v) is 5.15. The van der Waals surface area contributed by atoms with Crippen LogP contribution in [0.5, 0.6) is 0 Å². The Hall–Kier alpha value is -2.14. The zero-order valence-corrected chi connectivity index (χ0v) is 19.0. The van der Waals surface area contributed by atoms with Crippen LogP contribution >= 0.6 is 12.2 Å². The van der Waals surface area contributed by atoms with Gasteiger partial charge < -0.3 is 9.30 Å². The molecular formula is C20H26N4O4S2. The van der Waals surface area contributed by atoms with E-state index in [-0.39, 0.29) is 11.5 Å². The maximum atomic E-state index is 13.0. The maximum absolute atomic E-state index is 13.0. The second-order valence-electron chi connectivity index (χ2n) is 7.16. The van der Waals surface area contributed by atoms with Crippen LogP contribution in [0.3, 0.4) is 0 Å². The molecule has 1 aromatic carbocycles. The molecule has 1 saturated heterocycles. The van der Waals surface area contributed by atoms with Crippen molar-refractivity contribution >= 4 is 28.2 Å². The summed E-state index contributed by atoms with van der Waals surface area (Å²) in [6.45, 7) is 8.43. The van der Waals surface area contributed by atoms with E-state index in [0.29, 0.717) is 43.2 Å². The molecule has 0 atom stereocenters. The van der Waals surface area contributed by atoms with Crippen molar-refractivity contribution in [3.05, 3.63) is 52.1 Å². The van der Waals surface area contributed by atoms with Gasteiger partial charge in [-0.15, -0.1) is 0 Å². The molecule has 3 rings (SSSR count). The Morgan fingerprint density at radius 2 is 1.77 bits per heavy atom. The molecule has 1 aromatic heterocycles. The van der Waals surface area contributed by atoms with Gasteiger partial charge in [0, 0.05) is 37.6 Å². The minimum absolute atomic E-state index is 0.171. The molecule has 1 aliphatic heterocycles. The van der Waals surface area contributed by atoms with Crippen molar-refractivity contribution in [1.29, 1.82) is 0 Å². The van der Waals surface area contributed by atoms with Crippen LogP contribution in [0.25, 0.3) is 0 Å². The molecule has 2 aromatic rings. The summed E-state index contributed by atoms with van der Waals surface area (Å²) in [6.07, 6.45) is 0. The predicted octanol–water partition coefficient (Wildman–Crippen LogP) is 2.37. The number of nitrogens with zero attached hydrogens (tertiary/aromatic N) is 4.